The van der Waals surface area contributed by atoms with Crippen LogP contribution in [0.4, 0.5) is 5.69 Å². The predicted octanol–water partition coefficient (Wildman–Crippen LogP) is 3.80. The summed E-state index contributed by atoms with van der Waals surface area (Å²) in [6.07, 6.45) is 0. The summed E-state index contributed by atoms with van der Waals surface area (Å²) in [7, 11) is 0. The second-order valence-electron chi connectivity index (χ2n) is 5.46. The molecule has 0 aliphatic rings. The molecule has 24 heavy (non-hydrogen) atoms. The Kier molecular flexibility index (Phi) is 6.88. The molecule has 0 bridgehead atoms. The number of carbonyl (C=O) groups excluding carboxylic acids is 2. The number of amides is 1. The highest BCUT2D eigenvalue weighted by Crippen LogP contribution is 2.15. The molecule has 4 nitrogen and oxygen atoms in total. The molecule has 1 amide bonds. The highest BCUT2D eigenvalue weighted by atomic mass is 32.2. The molecule has 2 aromatic rings. The Morgan fingerprint density at radius 1 is 1.08 bits per heavy atom. The maximum atomic E-state index is 11.9. The SMILES string of the molecule is Cc1ccc(NC(=O)CSC(C)C(=O)OCc2ccccc2)cc1. The van der Waals surface area contributed by atoms with E-state index in [1.54, 1.807) is 6.92 Å². The molecule has 0 aliphatic heterocycles. The average Bonchev–Trinajstić information content (AvgIpc) is 2.60. The highest BCUT2D eigenvalue weighted by Gasteiger charge is 2.16. The van der Waals surface area contributed by atoms with Crippen LogP contribution in [0.3, 0.4) is 0 Å². The van der Waals surface area contributed by atoms with Crippen LogP contribution in [-0.4, -0.2) is 22.9 Å². The number of rotatable bonds is 7. The van der Waals surface area contributed by atoms with Crippen molar-refractivity contribution in [2.24, 2.45) is 0 Å². The van der Waals surface area contributed by atoms with Gasteiger partial charge in [0.2, 0.25) is 5.91 Å². The van der Waals surface area contributed by atoms with E-state index in [2.05, 4.69) is 5.32 Å². The van der Waals surface area contributed by atoms with Crippen LogP contribution in [0.15, 0.2) is 54.6 Å². The fourth-order valence-corrected chi connectivity index (χ4v) is 2.63. The van der Waals surface area contributed by atoms with Crippen molar-refractivity contribution in [3.8, 4) is 0 Å². The van der Waals surface area contributed by atoms with Crippen molar-refractivity contribution in [1.29, 1.82) is 0 Å². The van der Waals surface area contributed by atoms with E-state index in [-0.39, 0.29) is 24.2 Å². The largest absolute Gasteiger partial charge is 0.460 e. The van der Waals surface area contributed by atoms with E-state index >= 15 is 0 Å². The molecule has 0 saturated heterocycles. The van der Waals surface area contributed by atoms with E-state index in [1.165, 1.54) is 11.8 Å². The smallest absolute Gasteiger partial charge is 0.319 e. The lowest BCUT2D eigenvalue weighted by atomic mass is 10.2. The number of benzene rings is 2. The Bertz CT molecular complexity index is 671. The minimum atomic E-state index is -0.391. The molecule has 126 valence electrons. The summed E-state index contributed by atoms with van der Waals surface area (Å²) in [6, 6.07) is 17.1. The normalized spacial score (nSPS) is 11.6. The number of anilines is 1. The first-order chi connectivity index (χ1) is 11.5. The molecule has 0 aromatic heterocycles. The van der Waals surface area contributed by atoms with Crippen LogP contribution in [0.2, 0.25) is 0 Å². The molecule has 2 rings (SSSR count). The zero-order valence-corrected chi connectivity index (χ0v) is 14.6. The molecule has 0 radical (unpaired) electrons. The van der Waals surface area contributed by atoms with E-state index in [0.717, 1.165) is 16.8 Å². The highest BCUT2D eigenvalue weighted by molar-refractivity contribution is 8.01. The molecule has 0 heterocycles. The number of carbonyl (C=O) groups is 2. The lowest BCUT2D eigenvalue weighted by Crippen LogP contribution is -2.21. The first kappa shape index (κ1) is 18.1. The van der Waals surface area contributed by atoms with Crippen molar-refractivity contribution in [3.63, 3.8) is 0 Å². The van der Waals surface area contributed by atoms with Crippen LogP contribution in [0.5, 0.6) is 0 Å². The summed E-state index contributed by atoms with van der Waals surface area (Å²) in [6.45, 7) is 3.99. The maximum Gasteiger partial charge on any atom is 0.319 e. The third kappa shape index (κ3) is 6.08. The van der Waals surface area contributed by atoms with Crippen molar-refractivity contribution in [3.05, 3.63) is 65.7 Å². The Hall–Kier alpha value is -2.27. The molecule has 5 heteroatoms. The number of thioether (sulfide) groups is 1. The van der Waals surface area contributed by atoms with E-state index in [9.17, 15) is 9.59 Å². The van der Waals surface area contributed by atoms with Gasteiger partial charge in [-0.25, -0.2) is 0 Å². The number of nitrogens with one attached hydrogen (secondary N) is 1. The third-order valence-corrected chi connectivity index (χ3v) is 4.48. The van der Waals surface area contributed by atoms with E-state index in [4.69, 9.17) is 4.74 Å². The Labute approximate surface area is 146 Å². The Balaban J connectivity index is 1.71. The average molecular weight is 343 g/mol. The van der Waals surface area contributed by atoms with Crippen LogP contribution in [-0.2, 0) is 20.9 Å². The molecular weight excluding hydrogens is 322 g/mol. The number of hydrogen-bond donors (Lipinski definition) is 1. The van der Waals surface area contributed by atoms with Gasteiger partial charge in [-0.3, -0.25) is 9.59 Å². The first-order valence-electron chi connectivity index (χ1n) is 7.73. The Morgan fingerprint density at radius 2 is 1.75 bits per heavy atom. The molecule has 2 aromatic carbocycles. The molecule has 0 aliphatic carbocycles. The van der Waals surface area contributed by atoms with Gasteiger partial charge in [-0.15, -0.1) is 11.8 Å². The van der Waals surface area contributed by atoms with Gasteiger partial charge in [-0.1, -0.05) is 48.0 Å². The van der Waals surface area contributed by atoms with Gasteiger partial charge in [0, 0.05) is 5.69 Å². The fraction of sp³-hybridized carbons (Fsp3) is 0.263. The van der Waals surface area contributed by atoms with Crippen LogP contribution in [0, 0.1) is 6.92 Å². The van der Waals surface area contributed by atoms with E-state index in [0.29, 0.717) is 0 Å². The summed E-state index contributed by atoms with van der Waals surface area (Å²) in [5, 5.41) is 2.42. The van der Waals surface area contributed by atoms with Gasteiger partial charge in [0.15, 0.2) is 0 Å². The summed E-state index contributed by atoms with van der Waals surface area (Å²) in [4.78, 5) is 23.9. The maximum absolute atomic E-state index is 11.9. The number of hydrogen-bond acceptors (Lipinski definition) is 4. The van der Waals surface area contributed by atoms with Gasteiger partial charge in [0.05, 0.1) is 5.75 Å². The molecule has 0 spiro atoms. The van der Waals surface area contributed by atoms with Crippen LogP contribution >= 0.6 is 11.8 Å². The second-order valence-corrected chi connectivity index (χ2v) is 6.79. The summed E-state index contributed by atoms with van der Waals surface area (Å²) in [5.74, 6) is -0.242. The fourth-order valence-electron chi connectivity index (χ4n) is 1.95. The van der Waals surface area contributed by atoms with Crippen LogP contribution < -0.4 is 5.32 Å². The topological polar surface area (TPSA) is 55.4 Å². The summed E-state index contributed by atoms with van der Waals surface area (Å²) >= 11 is 1.26. The Morgan fingerprint density at radius 3 is 2.42 bits per heavy atom. The molecule has 1 N–H and O–H groups in total. The van der Waals surface area contributed by atoms with E-state index in [1.807, 2.05) is 61.5 Å². The van der Waals surface area contributed by atoms with Crippen molar-refractivity contribution >= 4 is 29.3 Å². The summed E-state index contributed by atoms with van der Waals surface area (Å²) < 4.78 is 5.26. The lowest BCUT2D eigenvalue weighted by Gasteiger charge is -2.11. The standard InChI is InChI=1S/C19H21NO3S/c1-14-8-10-17(11-9-14)20-18(21)13-24-15(2)19(22)23-12-16-6-4-3-5-7-16/h3-11,15H,12-13H2,1-2H3,(H,20,21). The number of aryl methyl sites for hydroxylation is 1. The first-order valence-corrected chi connectivity index (χ1v) is 8.78. The van der Waals surface area contributed by atoms with Gasteiger partial charge in [-0.05, 0) is 31.5 Å². The molecule has 1 atom stereocenters. The predicted molar refractivity (Wildman–Crippen MR) is 98.0 cm³/mol. The van der Waals surface area contributed by atoms with Crippen molar-refractivity contribution in [2.75, 3.05) is 11.1 Å². The van der Waals surface area contributed by atoms with Crippen LogP contribution in [0.1, 0.15) is 18.1 Å². The monoisotopic (exact) mass is 343 g/mol. The van der Waals surface area contributed by atoms with E-state index < -0.39 is 5.25 Å². The molecule has 1 unspecified atom stereocenters. The lowest BCUT2D eigenvalue weighted by molar-refractivity contribution is -0.143. The van der Waals surface area contributed by atoms with Gasteiger partial charge < -0.3 is 10.1 Å². The second kappa shape index (κ2) is 9.13. The molecule has 0 fully saturated rings. The summed E-state index contributed by atoms with van der Waals surface area (Å²) in [5.41, 5.74) is 2.84. The zero-order chi connectivity index (χ0) is 17.4. The zero-order valence-electron chi connectivity index (χ0n) is 13.8. The molecule has 0 saturated carbocycles. The van der Waals surface area contributed by atoms with Crippen molar-refractivity contribution in [1.82, 2.24) is 0 Å². The van der Waals surface area contributed by atoms with Crippen molar-refractivity contribution < 1.29 is 14.3 Å². The minimum absolute atomic E-state index is 0.133. The van der Waals surface area contributed by atoms with Gasteiger partial charge in [0.1, 0.15) is 11.9 Å². The van der Waals surface area contributed by atoms with Gasteiger partial charge in [-0.2, -0.15) is 0 Å². The quantitative estimate of drug-likeness (QED) is 0.777. The van der Waals surface area contributed by atoms with Crippen LogP contribution in [0.25, 0.3) is 0 Å². The van der Waals surface area contributed by atoms with Gasteiger partial charge in [0.25, 0.3) is 0 Å². The minimum Gasteiger partial charge on any atom is -0.460 e. The number of ether oxygens (including phenoxy) is 1. The van der Waals surface area contributed by atoms with Gasteiger partial charge >= 0.3 is 5.97 Å². The van der Waals surface area contributed by atoms with Crippen molar-refractivity contribution in [2.45, 2.75) is 25.7 Å². The molecular formula is C19H21NO3S. The third-order valence-electron chi connectivity index (χ3n) is 3.36. The number of esters is 1.